The molecule has 0 aromatic heterocycles. The summed E-state index contributed by atoms with van der Waals surface area (Å²) in [6.07, 6.45) is -1.92. The van der Waals surface area contributed by atoms with E-state index in [0.29, 0.717) is 23.6 Å². The van der Waals surface area contributed by atoms with Crippen molar-refractivity contribution in [1.29, 1.82) is 0 Å². The molecule has 2 amide bonds. The SMILES string of the molecule is COc1ccc(NC(=O)O[C@@H]2CO[C@H]3[C@H]2OC[C@H]3NC(=O)c2ccc(C)cc2)cc1. The van der Waals surface area contributed by atoms with Crippen LogP contribution < -0.4 is 15.4 Å². The first-order chi connectivity index (χ1) is 14.5. The maximum atomic E-state index is 12.5. The van der Waals surface area contributed by atoms with Crippen LogP contribution in [0.3, 0.4) is 0 Å². The predicted octanol–water partition coefficient (Wildman–Crippen LogP) is 2.52. The molecule has 0 spiro atoms. The molecule has 2 heterocycles. The molecule has 2 aliphatic heterocycles. The van der Waals surface area contributed by atoms with Crippen LogP contribution in [0.5, 0.6) is 5.75 Å². The number of carbonyl (C=O) groups excluding carboxylic acids is 2. The Labute approximate surface area is 174 Å². The maximum Gasteiger partial charge on any atom is 0.412 e. The summed E-state index contributed by atoms with van der Waals surface area (Å²) in [7, 11) is 1.57. The molecule has 0 bridgehead atoms. The van der Waals surface area contributed by atoms with Crippen LogP contribution in [0.2, 0.25) is 0 Å². The number of hydrogen-bond donors (Lipinski definition) is 2. The molecule has 8 heteroatoms. The van der Waals surface area contributed by atoms with Gasteiger partial charge in [-0.1, -0.05) is 17.7 Å². The highest BCUT2D eigenvalue weighted by Gasteiger charge is 2.50. The standard InChI is InChI=1S/C22H24N2O6/c1-13-3-5-14(6-4-13)21(25)24-17-11-28-20-18(12-29-19(17)20)30-22(26)23-15-7-9-16(27-2)10-8-15/h3-10,17-20H,11-12H2,1-2H3,(H,23,26)(H,24,25)/t17-,18-,19-,20+/m1/s1. The second-order valence-electron chi connectivity index (χ2n) is 7.34. The fourth-order valence-corrected chi connectivity index (χ4v) is 3.60. The summed E-state index contributed by atoms with van der Waals surface area (Å²) in [5.74, 6) is 0.508. The molecule has 0 radical (unpaired) electrons. The van der Waals surface area contributed by atoms with Crippen LogP contribution >= 0.6 is 0 Å². The first-order valence-corrected chi connectivity index (χ1v) is 9.76. The van der Waals surface area contributed by atoms with E-state index in [2.05, 4.69) is 10.6 Å². The molecule has 2 aromatic rings. The summed E-state index contributed by atoms with van der Waals surface area (Å²) in [5, 5.41) is 5.63. The topological polar surface area (TPSA) is 95.1 Å². The van der Waals surface area contributed by atoms with Gasteiger partial charge in [-0.3, -0.25) is 10.1 Å². The molecule has 0 aliphatic carbocycles. The minimum atomic E-state index is -0.592. The smallest absolute Gasteiger partial charge is 0.412 e. The van der Waals surface area contributed by atoms with Crippen LogP contribution in [0, 0.1) is 6.92 Å². The molecule has 0 saturated carbocycles. The van der Waals surface area contributed by atoms with Crippen LogP contribution in [-0.4, -0.2) is 56.7 Å². The zero-order valence-corrected chi connectivity index (χ0v) is 16.8. The summed E-state index contributed by atoms with van der Waals surface area (Å²) in [4.78, 5) is 24.7. The Hall–Kier alpha value is -3.10. The Bertz CT molecular complexity index is 899. The number of aryl methyl sites for hydroxylation is 1. The van der Waals surface area contributed by atoms with Gasteiger partial charge < -0.3 is 24.3 Å². The third kappa shape index (κ3) is 4.39. The van der Waals surface area contributed by atoms with Crippen molar-refractivity contribution in [1.82, 2.24) is 5.32 Å². The Balaban J connectivity index is 1.30. The number of methoxy groups -OCH3 is 1. The van der Waals surface area contributed by atoms with Crippen molar-refractivity contribution in [2.75, 3.05) is 25.6 Å². The molecule has 2 saturated heterocycles. The lowest BCUT2D eigenvalue weighted by Crippen LogP contribution is -2.44. The van der Waals surface area contributed by atoms with Gasteiger partial charge in [-0.05, 0) is 43.3 Å². The van der Waals surface area contributed by atoms with Gasteiger partial charge in [-0.15, -0.1) is 0 Å². The Morgan fingerprint density at radius 1 is 0.967 bits per heavy atom. The predicted molar refractivity (Wildman–Crippen MR) is 109 cm³/mol. The molecule has 4 atom stereocenters. The normalized spacial score (nSPS) is 24.7. The number of carbonyl (C=O) groups is 2. The average molecular weight is 412 g/mol. The van der Waals surface area contributed by atoms with Crippen molar-refractivity contribution >= 4 is 17.7 Å². The van der Waals surface area contributed by atoms with E-state index in [1.807, 2.05) is 19.1 Å². The second kappa shape index (κ2) is 8.73. The van der Waals surface area contributed by atoms with Gasteiger partial charge in [0.05, 0.1) is 26.4 Å². The minimum Gasteiger partial charge on any atom is -0.497 e. The van der Waals surface area contributed by atoms with Gasteiger partial charge in [-0.2, -0.15) is 0 Å². The Morgan fingerprint density at radius 3 is 2.37 bits per heavy atom. The van der Waals surface area contributed by atoms with Gasteiger partial charge in [-0.25, -0.2) is 4.79 Å². The van der Waals surface area contributed by atoms with Crippen molar-refractivity contribution in [3.05, 3.63) is 59.7 Å². The highest BCUT2D eigenvalue weighted by molar-refractivity contribution is 5.94. The van der Waals surface area contributed by atoms with Crippen molar-refractivity contribution in [2.45, 2.75) is 31.3 Å². The van der Waals surface area contributed by atoms with E-state index in [1.54, 1.807) is 43.5 Å². The van der Waals surface area contributed by atoms with Crippen molar-refractivity contribution in [2.24, 2.45) is 0 Å². The van der Waals surface area contributed by atoms with Gasteiger partial charge >= 0.3 is 6.09 Å². The Morgan fingerprint density at radius 2 is 1.67 bits per heavy atom. The molecule has 0 unspecified atom stereocenters. The number of amides is 2. The first-order valence-electron chi connectivity index (χ1n) is 9.76. The third-order valence-corrected chi connectivity index (χ3v) is 5.23. The highest BCUT2D eigenvalue weighted by Crippen LogP contribution is 2.29. The summed E-state index contributed by atoms with van der Waals surface area (Å²) in [6, 6.07) is 14.0. The van der Waals surface area contributed by atoms with E-state index >= 15 is 0 Å². The summed E-state index contributed by atoms with van der Waals surface area (Å²) < 4.78 is 22.1. The summed E-state index contributed by atoms with van der Waals surface area (Å²) >= 11 is 0. The van der Waals surface area contributed by atoms with Crippen LogP contribution in [0.1, 0.15) is 15.9 Å². The lowest BCUT2D eigenvalue weighted by atomic mass is 10.1. The molecule has 2 aliphatic rings. The van der Waals surface area contributed by atoms with Gasteiger partial charge in [0.2, 0.25) is 0 Å². The average Bonchev–Trinajstić information content (AvgIpc) is 3.32. The molecule has 8 nitrogen and oxygen atoms in total. The van der Waals surface area contributed by atoms with Gasteiger partial charge in [0.1, 0.15) is 18.0 Å². The summed E-state index contributed by atoms with van der Waals surface area (Å²) in [6.45, 7) is 2.48. The van der Waals surface area contributed by atoms with E-state index in [-0.39, 0.29) is 24.7 Å². The van der Waals surface area contributed by atoms with Gasteiger partial charge in [0.25, 0.3) is 5.91 Å². The highest BCUT2D eigenvalue weighted by atomic mass is 16.6. The Kier molecular flexibility index (Phi) is 5.87. The number of benzene rings is 2. The zero-order chi connectivity index (χ0) is 21.1. The largest absolute Gasteiger partial charge is 0.497 e. The molecule has 2 aromatic carbocycles. The maximum absolute atomic E-state index is 12.5. The number of rotatable bonds is 5. The molecule has 2 fully saturated rings. The fourth-order valence-electron chi connectivity index (χ4n) is 3.60. The van der Waals surface area contributed by atoms with Gasteiger partial charge in [0, 0.05) is 11.3 Å². The van der Waals surface area contributed by atoms with Crippen molar-refractivity contribution in [3.8, 4) is 5.75 Å². The molecule has 30 heavy (non-hydrogen) atoms. The monoisotopic (exact) mass is 412 g/mol. The van der Waals surface area contributed by atoms with E-state index in [9.17, 15) is 9.59 Å². The van der Waals surface area contributed by atoms with E-state index in [0.717, 1.165) is 5.56 Å². The molecule has 158 valence electrons. The van der Waals surface area contributed by atoms with E-state index in [4.69, 9.17) is 18.9 Å². The minimum absolute atomic E-state index is 0.186. The van der Waals surface area contributed by atoms with Crippen molar-refractivity contribution in [3.63, 3.8) is 0 Å². The zero-order valence-electron chi connectivity index (χ0n) is 16.8. The lowest BCUT2D eigenvalue weighted by molar-refractivity contribution is 0.00862. The van der Waals surface area contributed by atoms with Crippen LogP contribution in [0.25, 0.3) is 0 Å². The number of anilines is 1. The van der Waals surface area contributed by atoms with Crippen molar-refractivity contribution < 1.29 is 28.5 Å². The molecular formula is C22H24N2O6. The van der Waals surface area contributed by atoms with Crippen LogP contribution in [0.15, 0.2) is 48.5 Å². The molecule has 2 N–H and O–H groups in total. The molecular weight excluding hydrogens is 388 g/mol. The first kappa shape index (κ1) is 20.2. The lowest BCUT2D eigenvalue weighted by Gasteiger charge is -2.18. The third-order valence-electron chi connectivity index (χ3n) is 5.23. The quantitative estimate of drug-likeness (QED) is 0.784. The van der Waals surface area contributed by atoms with Gasteiger partial charge in [0.15, 0.2) is 6.10 Å². The van der Waals surface area contributed by atoms with Crippen LogP contribution in [-0.2, 0) is 14.2 Å². The molecule has 4 rings (SSSR count). The number of nitrogens with one attached hydrogen (secondary N) is 2. The number of fused-ring (bicyclic) bond motifs is 1. The van der Waals surface area contributed by atoms with E-state index < -0.39 is 18.3 Å². The fraction of sp³-hybridized carbons (Fsp3) is 0.364. The van der Waals surface area contributed by atoms with E-state index in [1.165, 1.54) is 0 Å². The number of hydrogen-bond acceptors (Lipinski definition) is 6. The number of ether oxygens (including phenoxy) is 4. The summed E-state index contributed by atoms with van der Waals surface area (Å²) in [5.41, 5.74) is 2.25. The second-order valence-corrected chi connectivity index (χ2v) is 7.34. The van der Waals surface area contributed by atoms with Crippen LogP contribution in [0.4, 0.5) is 10.5 Å².